The molecule has 0 saturated heterocycles. The molecule has 3 heteroatoms. The largest absolute Gasteiger partial charge is 0.496 e. The molecule has 2 atom stereocenters. The number of methoxy groups -OCH3 is 1. The predicted molar refractivity (Wildman–Crippen MR) is 67.3 cm³/mol. The van der Waals surface area contributed by atoms with Gasteiger partial charge >= 0.3 is 0 Å². The summed E-state index contributed by atoms with van der Waals surface area (Å²) in [5.74, 6) is 1.49. The third-order valence-electron chi connectivity index (χ3n) is 3.02. The average molecular weight is 290 g/mol. The van der Waals surface area contributed by atoms with Crippen LogP contribution in [0.25, 0.3) is 0 Å². The molecule has 0 N–H and O–H groups in total. The molecule has 0 heterocycles. The molecule has 1 fully saturated rings. The van der Waals surface area contributed by atoms with Gasteiger partial charge in [-0.05, 0) is 36.6 Å². The van der Waals surface area contributed by atoms with Crippen LogP contribution < -0.4 is 4.74 Å². The van der Waals surface area contributed by atoms with Gasteiger partial charge in [0.15, 0.2) is 0 Å². The third-order valence-corrected chi connectivity index (χ3v) is 4.35. The van der Waals surface area contributed by atoms with Gasteiger partial charge in [0.05, 0.1) is 7.11 Å². The van der Waals surface area contributed by atoms with E-state index in [1.165, 1.54) is 24.8 Å². The van der Waals surface area contributed by atoms with E-state index in [0.29, 0.717) is 10.7 Å². The number of rotatable bonds is 2. The van der Waals surface area contributed by atoms with Crippen molar-refractivity contribution >= 4 is 27.5 Å². The number of benzene rings is 1. The predicted octanol–water partition coefficient (Wildman–Crippen LogP) is 4.38. The molecule has 1 aliphatic carbocycles. The molecule has 82 valence electrons. The Labute approximate surface area is 104 Å². The van der Waals surface area contributed by atoms with Crippen LogP contribution in [0.3, 0.4) is 0 Å². The maximum Gasteiger partial charge on any atom is 0.122 e. The lowest BCUT2D eigenvalue weighted by Crippen LogP contribution is -2.06. The molecular formula is C12H14BrClO. The molecule has 0 aliphatic heterocycles. The van der Waals surface area contributed by atoms with Crippen LogP contribution in [0.4, 0.5) is 0 Å². The molecule has 0 bridgehead atoms. The summed E-state index contributed by atoms with van der Waals surface area (Å²) in [6.07, 6.45) is 3.73. The van der Waals surface area contributed by atoms with Crippen LogP contribution >= 0.6 is 27.5 Å². The van der Waals surface area contributed by atoms with Crippen molar-refractivity contribution in [2.24, 2.45) is 0 Å². The summed E-state index contributed by atoms with van der Waals surface area (Å²) < 4.78 is 5.38. The molecule has 2 unspecified atom stereocenters. The lowest BCUT2D eigenvalue weighted by molar-refractivity contribution is 0.406. The minimum absolute atomic E-state index is 0.540. The number of ether oxygens (including phenoxy) is 1. The fourth-order valence-electron chi connectivity index (χ4n) is 2.26. The Balaban J connectivity index is 2.36. The number of hydrogen-bond acceptors (Lipinski definition) is 1. The van der Waals surface area contributed by atoms with Gasteiger partial charge in [-0.2, -0.15) is 0 Å². The summed E-state index contributed by atoms with van der Waals surface area (Å²) in [6, 6.07) is 5.86. The first kappa shape index (κ1) is 11.3. The maximum absolute atomic E-state index is 6.03. The summed E-state index contributed by atoms with van der Waals surface area (Å²) in [7, 11) is 1.71. The number of hydrogen-bond donors (Lipinski definition) is 0. The lowest BCUT2D eigenvalue weighted by atomic mass is 9.97. The Kier molecular flexibility index (Phi) is 3.57. The fraction of sp³-hybridized carbons (Fsp3) is 0.500. The van der Waals surface area contributed by atoms with Crippen LogP contribution in [0.1, 0.15) is 30.7 Å². The Bertz CT molecular complexity index is 353. The summed E-state index contributed by atoms with van der Waals surface area (Å²) in [4.78, 5) is 0.560. The van der Waals surface area contributed by atoms with Crippen molar-refractivity contribution in [1.82, 2.24) is 0 Å². The van der Waals surface area contributed by atoms with Gasteiger partial charge < -0.3 is 4.74 Å². The smallest absolute Gasteiger partial charge is 0.122 e. The van der Waals surface area contributed by atoms with Crippen molar-refractivity contribution < 1.29 is 4.74 Å². The van der Waals surface area contributed by atoms with Crippen molar-refractivity contribution in [3.05, 3.63) is 28.8 Å². The molecule has 1 aromatic carbocycles. The van der Waals surface area contributed by atoms with Crippen molar-refractivity contribution in [2.45, 2.75) is 30.0 Å². The number of alkyl halides is 1. The van der Waals surface area contributed by atoms with Gasteiger partial charge in [-0.25, -0.2) is 0 Å². The summed E-state index contributed by atoms with van der Waals surface area (Å²) in [6.45, 7) is 0. The molecule has 0 radical (unpaired) electrons. The summed E-state index contributed by atoms with van der Waals surface area (Å²) in [5, 5.41) is 0.789. The first-order valence-electron chi connectivity index (χ1n) is 5.20. The van der Waals surface area contributed by atoms with E-state index in [-0.39, 0.29) is 0 Å². The van der Waals surface area contributed by atoms with Crippen LogP contribution in [-0.2, 0) is 0 Å². The van der Waals surface area contributed by atoms with E-state index in [4.69, 9.17) is 16.3 Å². The van der Waals surface area contributed by atoms with Crippen molar-refractivity contribution in [2.75, 3.05) is 7.11 Å². The van der Waals surface area contributed by atoms with E-state index in [1.807, 2.05) is 18.2 Å². The third kappa shape index (κ3) is 2.31. The summed E-state index contributed by atoms with van der Waals surface area (Å²) >= 11 is 9.76. The van der Waals surface area contributed by atoms with Gasteiger partial charge in [0, 0.05) is 15.8 Å². The molecule has 0 amide bonds. The minimum atomic E-state index is 0.540. The number of halogens is 2. The molecule has 15 heavy (non-hydrogen) atoms. The molecule has 1 aromatic rings. The topological polar surface area (TPSA) is 9.23 Å². The average Bonchev–Trinajstić information content (AvgIpc) is 2.64. The van der Waals surface area contributed by atoms with Gasteiger partial charge in [-0.15, -0.1) is 0 Å². The van der Waals surface area contributed by atoms with Crippen LogP contribution in [0, 0.1) is 0 Å². The van der Waals surface area contributed by atoms with Crippen LogP contribution in [-0.4, -0.2) is 11.9 Å². The van der Waals surface area contributed by atoms with Gasteiger partial charge in [-0.1, -0.05) is 34.0 Å². The highest BCUT2D eigenvalue weighted by Gasteiger charge is 2.28. The van der Waals surface area contributed by atoms with E-state index < -0.39 is 0 Å². The molecular weight excluding hydrogens is 275 g/mol. The normalized spacial score (nSPS) is 25.5. The van der Waals surface area contributed by atoms with E-state index >= 15 is 0 Å². The first-order chi connectivity index (χ1) is 7.22. The monoisotopic (exact) mass is 288 g/mol. The van der Waals surface area contributed by atoms with E-state index in [9.17, 15) is 0 Å². The Morgan fingerprint density at radius 1 is 1.40 bits per heavy atom. The first-order valence-corrected chi connectivity index (χ1v) is 6.49. The van der Waals surface area contributed by atoms with Crippen molar-refractivity contribution in [3.8, 4) is 5.75 Å². The molecule has 0 aromatic heterocycles. The lowest BCUT2D eigenvalue weighted by Gasteiger charge is -2.18. The second-order valence-electron chi connectivity index (χ2n) is 3.94. The van der Waals surface area contributed by atoms with Gasteiger partial charge in [0.2, 0.25) is 0 Å². The molecule has 1 saturated carbocycles. The van der Waals surface area contributed by atoms with Gasteiger partial charge in [-0.3, -0.25) is 0 Å². The Morgan fingerprint density at radius 2 is 2.20 bits per heavy atom. The molecule has 1 nitrogen and oxygen atoms in total. The molecule has 2 rings (SSSR count). The van der Waals surface area contributed by atoms with E-state index in [2.05, 4.69) is 15.9 Å². The van der Waals surface area contributed by atoms with Crippen LogP contribution in [0.15, 0.2) is 18.2 Å². The fourth-order valence-corrected chi connectivity index (χ4v) is 3.31. The molecule has 0 spiro atoms. The highest BCUT2D eigenvalue weighted by Crippen LogP contribution is 2.43. The summed E-state index contributed by atoms with van der Waals surface area (Å²) in [5.41, 5.74) is 1.24. The maximum atomic E-state index is 6.03. The van der Waals surface area contributed by atoms with E-state index in [0.717, 1.165) is 10.8 Å². The zero-order chi connectivity index (χ0) is 10.8. The highest BCUT2D eigenvalue weighted by atomic mass is 79.9. The van der Waals surface area contributed by atoms with Crippen LogP contribution in [0.5, 0.6) is 5.75 Å². The van der Waals surface area contributed by atoms with E-state index in [1.54, 1.807) is 7.11 Å². The zero-order valence-corrected chi connectivity index (χ0v) is 11.0. The SMILES string of the molecule is COc1ccc(Cl)cc1C1CCCC1Br. The van der Waals surface area contributed by atoms with Crippen LogP contribution in [0.2, 0.25) is 5.02 Å². The highest BCUT2D eigenvalue weighted by molar-refractivity contribution is 9.09. The van der Waals surface area contributed by atoms with Crippen molar-refractivity contribution in [1.29, 1.82) is 0 Å². The molecule has 1 aliphatic rings. The van der Waals surface area contributed by atoms with Gasteiger partial charge in [0.25, 0.3) is 0 Å². The minimum Gasteiger partial charge on any atom is -0.496 e. The van der Waals surface area contributed by atoms with Crippen molar-refractivity contribution in [3.63, 3.8) is 0 Å². The Hall–Kier alpha value is -0.210. The second kappa shape index (κ2) is 4.75. The zero-order valence-electron chi connectivity index (χ0n) is 8.67. The quantitative estimate of drug-likeness (QED) is 0.734. The standard InChI is InChI=1S/C12H14BrClO/c1-15-12-6-5-8(14)7-10(12)9-3-2-4-11(9)13/h5-7,9,11H,2-4H2,1H3. The second-order valence-corrected chi connectivity index (χ2v) is 5.55. The Morgan fingerprint density at radius 3 is 2.80 bits per heavy atom. The van der Waals surface area contributed by atoms with Gasteiger partial charge in [0.1, 0.15) is 5.75 Å².